The number of carbonyl (C=O) groups excluding carboxylic acids is 2. The van der Waals surface area contributed by atoms with E-state index < -0.39 is 35.3 Å². The van der Waals surface area contributed by atoms with Crippen LogP contribution in [0.4, 0.5) is 83.7 Å². The van der Waals surface area contributed by atoms with E-state index in [-0.39, 0.29) is 22.5 Å². The highest BCUT2D eigenvalue weighted by Crippen LogP contribution is 2.38. The molecule has 4 aromatic carbocycles. The number of aromatic nitrogens is 6. The molecule has 0 atom stereocenters. The third kappa shape index (κ3) is 15.1. The molecule has 8 heterocycles. The number of anilines is 10. The largest absolute Gasteiger partial charge is 0.416 e. The third-order valence-corrected chi connectivity index (χ3v) is 16.3. The van der Waals surface area contributed by atoms with E-state index in [1.165, 1.54) is 12.7 Å². The first kappa shape index (κ1) is 61.7. The zero-order chi connectivity index (χ0) is 62.4. The summed E-state index contributed by atoms with van der Waals surface area (Å²) in [6, 6.07) is 25.3. The lowest BCUT2D eigenvalue weighted by atomic mass is 9.98. The summed E-state index contributed by atoms with van der Waals surface area (Å²) in [5, 5.41) is 12.0. The average Bonchev–Trinajstić information content (AvgIpc) is 3.62. The van der Waals surface area contributed by atoms with Crippen LogP contribution in [0.5, 0.6) is 0 Å². The summed E-state index contributed by atoms with van der Waals surface area (Å²) < 4.78 is 94.1. The number of hydrogen-bond donors (Lipinski definition) is 4. The van der Waals surface area contributed by atoms with Gasteiger partial charge in [-0.2, -0.15) is 26.3 Å². The highest BCUT2D eigenvalue weighted by Gasteiger charge is 2.34. The molecule has 0 bridgehead atoms. The summed E-state index contributed by atoms with van der Waals surface area (Å²) in [5.41, 5.74) is 5.40. The number of nitrogens with zero attached hydrogens (tertiary/aromatic N) is 11. The maximum absolute atomic E-state index is 13.9. The lowest BCUT2D eigenvalue weighted by molar-refractivity contribution is -0.138. The number of alkyl halides is 6. The minimum absolute atomic E-state index is 0.0825. The Labute approximate surface area is 510 Å². The number of pyridine rings is 2. The van der Waals surface area contributed by atoms with Gasteiger partial charge >= 0.3 is 12.4 Å². The monoisotopic (exact) mass is 1230 g/mol. The Bertz CT molecular complexity index is 3850. The Hall–Kier alpha value is -8.94. The number of fused-ring (bicyclic) bond motifs is 2. The molecule has 0 unspecified atom stereocenters. The fourth-order valence-electron chi connectivity index (χ4n) is 11.1. The van der Waals surface area contributed by atoms with E-state index in [1.54, 1.807) is 48.5 Å². The number of ether oxygens (including phenoxy) is 2. The molecule has 4 fully saturated rings. The molecule has 4 aliphatic rings. The van der Waals surface area contributed by atoms with Crippen molar-refractivity contribution in [3.05, 3.63) is 143 Å². The van der Waals surface area contributed by atoms with E-state index in [2.05, 4.69) is 62.8 Å². The van der Waals surface area contributed by atoms with Crippen molar-refractivity contribution in [1.29, 1.82) is 0 Å². The standard InChI is InChI=1S/C32H35F3N8O2.C32H34F3N7O2/c1-21-4-5-22(16-27(21)39-30-29-26(36-20-37-30)6-7-28(40-29)43-12-14-45-15-13-43)31(44)38-24-17-23(32(33,34)35)18-25(19-24)42-9-3-8-41(2)10-11-42;1-20-7-9-41(10-8-20)25-17-23(32(33,34)35)16-24(18-25)38-31(43)22-4-3-21(2)27(15-22)39-30-29-26(36-19-37-30)5-6-28(40-29)42-11-13-44-14-12-42/h4-7,16-20H,3,8-15H2,1-2H3,(H,38,44)(H,36,37,39);3-6,15-20H,7-14H2,1-2H3,(H,38,43)(H,36,37,39). The molecular weight excluding hydrogens is 1160 g/mol. The maximum Gasteiger partial charge on any atom is 0.416 e. The minimum Gasteiger partial charge on any atom is -0.378 e. The summed E-state index contributed by atoms with van der Waals surface area (Å²) in [7, 11) is 2.00. The van der Waals surface area contributed by atoms with E-state index >= 15 is 0 Å². The molecule has 4 N–H and O–H groups in total. The van der Waals surface area contributed by atoms with Crippen LogP contribution >= 0.6 is 0 Å². The molecule has 12 rings (SSSR count). The number of benzene rings is 4. The number of nitrogens with one attached hydrogen (secondary N) is 4. The number of piperidine rings is 1. The van der Waals surface area contributed by atoms with E-state index in [1.807, 2.05) is 55.0 Å². The lowest BCUT2D eigenvalue weighted by Gasteiger charge is -2.32. The van der Waals surface area contributed by atoms with Crippen LogP contribution in [0.2, 0.25) is 0 Å². The molecule has 89 heavy (non-hydrogen) atoms. The van der Waals surface area contributed by atoms with Crippen molar-refractivity contribution in [1.82, 2.24) is 34.8 Å². The van der Waals surface area contributed by atoms with E-state index in [4.69, 9.17) is 19.4 Å². The van der Waals surface area contributed by atoms with Crippen molar-refractivity contribution in [2.24, 2.45) is 5.92 Å². The number of aryl methyl sites for hydroxylation is 2. The van der Waals surface area contributed by atoms with Gasteiger partial charge in [0, 0.05) is 104 Å². The second kappa shape index (κ2) is 26.8. The highest BCUT2D eigenvalue weighted by molar-refractivity contribution is 6.06. The van der Waals surface area contributed by atoms with Gasteiger partial charge in [-0.05, 0) is 149 Å². The molecule has 0 radical (unpaired) electrons. The van der Waals surface area contributed by atoms with Crippen LogP contribution in [0.25, 0.3) is 22.1 Å². The average molecular weight is 1230 g/mol. The van der Waals surface area contributed by atoms with Crippen molar-refractivity contribution in [2.45, 2.75) is 52.4 Å². The van der Waals surface area contributed by atoms with E-state index in [0.717, 1.165) is 106 Å². The van der Waals surface area contributed by atoms with Crippen LogP contribution in [0, 0.1) is 19.8 Å². The summed E-state index contributed by atoms with van der Waals surface area (Å²) in [5.74, 6) is 2.02. The lowest BCUT2D eigenvalue weighted by Crippen LogP contribution is -2.36. The van der Waals surface area contributed by atoms with E-state index in [0.29, 0.717) is 115 Å². The first-order chi connectivity index (χ1) is 42.8. The number of likely N-dealkylation sites (N-methyl/N-ethyl adjacent to an activating group) is 1. The van der Waals surface area contributed by atoms with Crippen molar-refractivity contribution < 1.29 is 45.4 Å². The second-order valence-electron chi connectivity index (χ2n) is 22.8. The Kier molecular flexibility index (Phi) is 18.6. The molecule has 0 saturated carbocycles. The van der Waals surface area contributed by atoms with E-state index in [9.17, 15) is 35.9 Å². The molecule has 466 valence electrons. The van der Waals surface area contributed by atoms with Crippen molar-refractivity contribution in [3.8, 4) is 0 Å². The van der Waals surface area contributed by atoms with Crippen LogP contribution < -0.4 is 40.9 Å². The zero-order valence-electron chi connectivity index (χ0n) is 49.8. The molecule has 4 saturated heterocycles. The molecule has 19 nitrogen and oxygen atoms in total. The van der Waals surface area contributed by atoms with Crippen molar-refractivity contribution in [3.63, 3.8) is 0 Å². The molecule has 8 aromatic rings. The molecule has 25 heteroatoms. The molecule has 4 aliphatic heterocycles. The maximum atomic E-state index is 13.9. The summed E-state index contributed by atoms with van der Waals surface area (Å²) >= 11 is 0. The van der Waals surface area contributed by atoms with Gasteiger partial charge in [0.05, 0.1) is 48.6 Å². The minimum atomic E-state index is -4.56. The smallest absolute Gasteiger partial charge is 0.378 e. The van der Waals surface area contributed by atoms with Gasteiger partial charge in [-0.15, -0.1) is 0 Å². The Morgan fingerprint density at radius 3 is 1.40 bits per heavy atom. The molecule has 0 aliphatic carbocycles. The van der Waals surface area contributed by atoms with Gasteiger partial charge in [0.15, 0.2) is 11.6 Å². The quantitative estimate of drug-likeness (QED) is 0.0843. The van der Waals surface area contributed by atoms with Gasteiger partial charge in [0.25, 0.3) is 11.8 Å². The topological polar surface area (TPSA) is 194 Å². The van der Waals surface area contributed by atoms with Crippen LogP contribution in [0.3, 0.4) is 0 Å². The Balaban J connectivity index is 0.000000184. The van der Waals surface area contributed by atoms with Gasteiger partial charge in [0.1, 0.15) is 35.3 Å². The van der Waals surface area contributed by atoms with Crippen LogP contribution in [-0.2, 0) is 21.8 Å². The molecule has 0 spiro atoms. The Morgan fingerprint density at radius 2 is 0.955 bits per heavy atom. The third-order valence-electron chi connectivity index (χ3n) is 16.3. The van der Waals surface area contributed by atoms with Gasteiger partial charge in [-0.25, -0.2) is 29.9 Å². The zero-order valence-corrected chi connectivity index (χ0v) is 49.8. The Morgan fingerprint density at radius 1 is 0.506 bits per heavy atom. The van der Waals surface area contributed by atoms with Gasteiger partial charge < -0.3 is 55.2 Å². The SMILES string of the molecule is Cc1ccc(C(=O)Nc2cc(N3CCC(C)CC3)cc(C(F)(F)F)c2)cc1Nc1ncnc2ccc(N3CCOCC3)nc12.Cc1ccc(C(=O)Nc2cc(N3CCCN(C)CC3)cc(C(F)(F)F)c2)cc1Nc1ncnc2ccc(N3CCOCC3)nc12. The fraction of sp³-hybridized carbons (Fsp3) is 0.375. The van der Waals surface area contributed by atoms with Gasteiger partial charge in [-0.1, -0.05) is 19.1 Å². The normalized spacial score (nSPS) is 16.4. The summed E-state index contributed by atoms with van der Waals surface area (Å²) in [6.07, 6.45) is -3.57. The number of morpholine rings is 2. The number of amides is 2. The van der Waals surface area contributed by atoms with Crippen molar-refractivity contribution >= 4 is 91.3 Å². The van der Waals surface area contributed by atoms with Crippen LogP contribution in [0.1, 0.15) is 69.2 Å². The number of rotatable bonds is 12. The predicted octanol–water partition coefficient (Wildman–Crippen LogP) is 11.7. The molecular formula is C64H69F6N15O4. The first-order valence-corrected chi connectivity index (χ1v) is 29.7. The number of hydrogen-bond acceptors (Lipinski definition) is 17. The van der Waals surface area contributed by atoms with Gasteiger partial charge in [-0.3, -0.25) is 9.59 Å². The predicted molar refractivity (Wildman–Crippen MR) is 333 cm³/mol. The summed E-state index contributed by atoms with van der Waals surface area (Å²) in [4.78, 5) is 64.3. The van der Waals surface area contributed by atoms with Gasteiger partial charge in [0.2, 0.25) is 0 Å². The number of carbonyl (C=O) groups is 2. The molecule has 2 amide bonds. The fourth-order valence-corrected chi connectivity index (χ4v) is 11.1. The van der Waals surface area contributed by atoms with Crippen LogP contribution in [0.15, 0.2) is 110 Å². The van der Waals surface area contributed by atoms with Crippen molar-refractivity contribution in [2.75, 3.05) is 140 Å². The highest BCUT2D eigenvalue weighted by atomic mass is 19.4. The number of halogens is 6. The molecule has 4 aromatic heterocycles. The first-order valence-electron chi connectivity index (χ1n) is 29.7. The van der Waals surface area contributed by atoms with Crippen LogP contribution in [-0.4, -0.2) is 146 Å². The second-order valence-corrected chi connectivity index (χ2v) is 22.8. The summed E-state index contributed by atoms with van der Waals surface area (Å²) in [6.45, 7) is 15.5.